The van der Waals surface area contributed by atoms with Crippen LogP contribution >= 0.6 is 0 Å². The van der Waals surface area contributed by atoms with Gasteiger partial charge in [0.25, 0.3) is 5.91 Å². The Morgan fingerprint density at radius 2 is 2.00 bits per heavy atom. The fourth-order valence-corrected chi connectivity index (χ4v) is 3.34. The minimum absolute atomic E-state index is 0.0979. The van der Waals surface area contributed by atoms with Gasteiger partial charge in [-0.3, -0.25) is 9.69 Å². The highest BCUT2D eigenvalue weighted by Gasteiger charge is 2.19. The van der Waals surface area contributed by atoms with E-state index in [1.807, 2.05) is 23.1 Å². The molecule has 0 radical (unpaired) electrons. The topological polar surface area (TPSA) is 91.0 Å². The number of ether oxygens (including phenoxy) is 2. The second-order valence-electron chi connectivity index (χ2n) is 6.92. The number of fused-ring (bicyclic) bond motifs is 1. The molecule has 1 saturated heterocycles. The lowest BCUT2D eigenvalue weighted by Gasteiger charge is -2.34. The quantitative estimate of drug-likeness (QED) is 0.591. The average molecular weight is 394 g/mol. The molecule has 1 aromatic heterocycles. The van der Waals surface area contributed by atoms with Crippen molar-refractivity contribution in [2.24, 2.45) is 0 Å². The third-order valence-electron chi connectivity index (χ3n) is 4.93. The van der Waals surface area contributed by atoms with Gasteiger partial charge in [-0.1, -0.05) is 6.07 Å². The molecule has 0 bridgehead atoms. The van der Waals surface area contributed by atoms with Gasteiger partial charge in [-0.05, 0) is 29.8 Å². The monoisotopic (exact) mass is 394 g/mol. The molecule has 2 aromatic rings. The number of carbonyl (C=O) groups is 1. The van der Waals surface area contributed by atoms with Crippen LogP contribution in [0.3, 0.4) is 0 Å². The van der Waals surface area contributed by atoms with E-state index >= 15 is 0 Å². The van der Waals surface area contributed by atoms with Crippen LogP contribution in [0.2, 0.25) is 0 Å². The molecule has 8 heteroatoms. The Hall–Kier alpha value is -3.44. The number of hydrogen-bond donors (Lipinski definition) is 1. The summed E-state index contributed by atoms with van der Waals surface area (Å²) in [7, 11) is 0. The number of nitrogens with one attached hydrogen (secondary N) is 1. The van der Waals surface area contributed by atoms with E-state index in [4.69, 9.17) is 13.9 Å². The lowest BCUT2D eigenvalue weighted by Crippen LogP contribution is -2.44. The van der Waals surface area contributed by atoms with E-state index in [9.17, 15) is 10.1 Å². The number of nitrogens with zero attached hydrogens (tertiary/aromatic N) is 3. The molecule has 0 saturated carbocycles. The van der Waals surface area contributed by atoms with Crippen LogP contribution in [0.4, 0.5) is 0 Å². The standard InChI is InChI=1S/C21H22N4O4/c22-11-17(21(26)23-12-18-2-1-9-27-18)14-25-7-5-24(6-8-25)13-16-3-4-19-20(10-16)29-15-28-19/h1-4,9-10,14H,5-8,12-13,15H2,(H,23,26)/b17-14+. The summed E-state index contributed by atoms with van der Waals surface area (Å²) in [6.45, 7) is 4.55. The van der Waals surface area contributed by atoms with Gasteiger partial charge in [0.05, 0.1) is 12.8 Å². The first kappa shape index (κ1) is 18.9. The van der Waals surface area contributed by atoms with Crippen LogP contribution in [0.25, 0.3) is 0 Å². The van der Waals surface area contributed by atoms with E-state index in [0.717, 1.165) is 44.2 Å². The molecule has 29 heavy (non-hydrogen) atoms. The van der Waals surface area contributed by atoms with Crippen LogP contribution in [0.5, 0.6) is 11.5 Å². The zero-order chi connectivity index (χ0) is 20.1. The summed E-state index contributed by atoms with van der Waals surface area (Å²) >= 11 is 0. The van der Waals surface area contributed by atoms with Crippen molar-refractivity contribution in [3.05, 3.63) is 59.7 Å². The van der Waals surface area contributed by atoms with Crippen molar-refractivity contribution in [2.45, 2.75) is 13.1 Å². The fraction of sp³-hybridized carbons (Fsp3) is 0.333. The second-order valence-corrected chi connectivity index (χ2v) is 6.92. The summed E-state index contributed by atoms with van der Waals surface area (Å²) in [5.74, 6) is 1.83. The third-order valence-corrected chi connectivity index (χ3v) is 4.93. The van der Waals surface area contributed by atoms with Crippen molar-refractivity contribution >= 4 is 5.91 Å². The van der Waals surface area contributed by atoms with E-state index in [2.05, 4.69) is 16.3 Å². The number of nitriles is 1. The smallest absolute Gasteiger partial charge is 0.263 e. The van der Waals surface area contributed by atoms with Gasteiger partial charge < -0.3 is 24.1 Å². The van der Waals surface area contributed by atoms with Crippen LogP contribution in [-0.4, -0.2) is 48.7 Å². The molecule has 1 amide bonds. The molecule has 1 N–H and O–H groups in total. The predicted octanol–water partition coefficient (Wildman–Crippen LogP) is 1.85. The summed E-state index contributed by atoms with van der Waals surface area (Å²) in [5, 5.41) is 12.1. The molecule has 0 unspecified atom stereocenters. The van der Waals surface area contributed by atoms with E-state index < -0.39 is 5.91 Å². The first-order chi connectivity index (χ1) is 14.2. The van der Waals surface area contributed by atoms with Crippen LogP contribution < -0.4 is 14.8 Å². The van der Waals surface area contributed by atoms with Gasteiger partial charge in [-0.15, -0.1) is 0 Å². The van der Waals surface area contributed by atoms with Crippen molar-refractivity contribution < 1.29 is 18.7 Å². The lowest BCUT2D eigenvalue weighted by atomic mass is 10.1. The Bertz CT molecular complexity index is 925. The van der Waals surface area contributed by atoms with Crippen LogP contribution in [0.15, 0.2) is 52.8 Å². The Kier molecular flexibility index (Phi) is 5.68. The predicted molar refractivity (Wildman–Crippen MR) is 104 cm³/mol. The molecule has 2 aliphatic heterocycles. The van der Waals surface area contributed by atoms with Gasteiger partial charge in [0.15, 0.2) is 11.5 Å². The molecule has 150 valence electrons. The lowest BCUT2D eigenvalue weighted by molar-refractivity contribution is -0.117. The van der Waals surface area contributed by atoms with Crippen molar-refractivity contribution in [3.63, 3.8) is 0 Å². The SMILES string of the molecule is N#C/C(=C\N1CCN(Cc2ccc3c(c2)OCO3)CC1)C(=O)NCc1ccco1. The molecule has 1 fully saturated rings. The van der Waals surface area contributed by atoms with Gasteiger partial charge in [0.2, 0.25) is 6.79 Å². The third kappa shape index (κ3) is 4.70. The summed E-state index contributed by atoms with van der Waals surface area (Å²) in [4.78, 5) is 16.6. The maximum Gasteiger partial charge on any atom is 0.263 e. The molecular formula is C21H22N4O4. The van der Waals surface area contributed by atoms with Crippen LogP contribution in [0, 0.1) is 11.3 Å². The molecule has 1 aromatic carbocycles. The van der Waals surface area contributed by atoms with Crippen LogP contribution in [-0.2, 0) is 17.9 Å². The highest BCUT2D eigenvalue weighted by molar-refractivity contribution is 5.97. The molecular weight excluding hydrogens is 372 g/mol. The molecule has 0 aliphatic carbocycles. The summed E-state index contributed by atoms with van der Waals surface area (Å²) in [6.07, 6.45) is 3.20. The van der Waals surface area contributed by atoms with Gasteiger partial charge in [-0.2, -0.15) is 5.26 Å². The number of carbonyl (C=O) groups excluding carboxylic acids is 1. The number of rotatable bonds is 6. The maximum absolute atomic E-state index is 12.2. The number of benzene rings is 1. The molecule has 4 rings (SSSR count). The summed E-state index contributed by atoms with van der Waals surface area (Å²) < 4.78 is 16.0. The molecule has 0 spiro atoms. The maximum atomic E-state index is 12.2. The van der Waals surface area contributed by atoms with Gasteiger partial charge in [0.1, 0.15) is 17.4 Å². The van der Waals surface area contributed by atoms with Gasteiger partial charge >= 0.3 is 0 Å². The first-order valence-corrected chi connectivity index (χ1v) is 9.49. The molecule has 2 aliphatic rings. The number of furan rings is 1. The van der Waals surface area contributed by atoms with Gasteiger partial charge in [0, 0.05) is 38.9 Å². The van der Waals surface area contributed by atoms with E-state index in [1.54, 1.807) is 24.6 Å². The second kappa shape index (κ2) is 8.71. The largest absolute Gasteiger partial charge is 0.467 e. The number of piperazine rings is 1. The molecule has 3 heterocycles. The number of hydrogen-bond acceptors (Lipinski definition) is 7. The normalized spacial score (nSPS) is 16.5. The van der Waals surface area contributed by atoms with Crippen molar-refractivity contribution in [1.82, 2.24) is 15.1 Å². The minimum Gasteiger partial charge on any atom is -0.467 e. The highest BCUT2D eigenvalue weighted by atomic mass is 16.7. The minimum atomic E-state index is -0.397. The first-order valence-electron chi connectivity index (χ1n) is 9.49. The number of amides is 1. The summed E-state index contributed by atoms with van der Waals surface area (Å²) in [5.41, 5.74) is 1.27. The van der Waals surface area contributed by atoms with Crippen molar-refractivity contribution in [1.29, 1.82) is 5.26 Å². The molecule has 8 nitrogen and oxygen atoms in total. The van der Waals surface area contributed by atoms with Crippen molar-refractivity contribution in [2.75, 3.05) is 33.0 Å². The highest BCUT2D eigenvalue weighted by Crippen LogP contribution is 2.32. The zero-order valence-electron chi connectivity index (χ0n) is 16.0. The van der Waals surface area contributed by atoms with Gasteiger partial charge in [-0.25, -0.2) is 0 Å². The van der Waals surface area contributed by atoms with Crippen molar-refractivity contribution in [3.8, 4) is 17.6 Å². The summed E-state index contributed by atoms with van der Waals surface area (Å²) in [6, 6.07) is 11.5. The Labute approximate surface area is 168 Å². The Balaban J connectivity index is 1.27. The Morgan fingerprint density at radius 1 is 1.17 bits per heavy atom. The average Bonchev–Trinajstić information content (AvgIpc) is 3.43. The van der Waals surface area contributed by atoms with E-state index in [-0.39, 0.29) is 18.9 Å². The molecule has 0 atom stereocenters. The van der Waals surface area contributed by atoms with Crippen LogP contribution in [0.1, 0.15) is 11.3 Å². The fourth-order valence-electron chi connectivity index (χ4n) is 3.34. The van der Waals surface area contributed by atoms with E-state index in [0.29, 0.717) is 5.76 Å². The van der Waals surface area contributed by atoms with E-state index in [1.165, 1.54) is 5.56 Å². The Morgan fingerprint density at radius 3 is 2.76 bits per heavy atom. The zero-order valence-corrected chi connectivity index (χ0v) is 16.0.